The lowest BCUT2D eigenvalue weighted by Gasteiger charge is -2.16. The highest BCUT2D eigenvalue weighted by Gasteiger charge is 2.17. The largest absolute Gasteiger partial charge is 0.479 e. The maximum absolute atomic E-state index is 12.5. The van der Waals surface area contributed by atoms with Crippen molar-refractivity contribution >= 4 is 45.9 Å². The van der Waals surface area contributed by atoms with E-state index in [2.05, 4.69) is 16.4 Å². The number of nitrogens with one attached hydrogen (secondary N) is 1. The van der Waals surface area contributed by atoms with Crippen molar-refractivity contribution in [1.29, 1.82) is 0 Å². The Morgan fingerprint density at radius 2 is 1.84 bits per heavy atom. The second kappa shape index (κ2) is 9.23. The number of carbonyl (C=O) groups excluding carboxylic acids is 1. The number of rotatable bonds is 6. The number of carbonyl (C=O) groups is 1. The minimum Gasteiger partial charge on any atom is -0.479 e. The number of benzene rings is 3. The van der Waals surface area contributed by atoms with Gasteiger partial charge in [0, 0.05) is 17.1 Å². The van der Waals surface area contributed by atoms with Gasteiger partial charge in [-0.05, 0) is 73.9 Å². The molecule has 0 radical (unpaired) electrons. The second-order valence-corrected chi connectivity index (χ2v) is 8.58. The zero-order valence-corrected chi connectivity index (χ0v) is 19.4. The fraction of sp³-hybridized carbons (Fsp3) is 0.200. The average Bonchev–Trinajstić information content (AvgIpc) is 3.14. The van der Waals surface area contributed by atoms with Crippen LogP contribution in [0.25, 0.3) is 11.1 Å². The number of amides is 1. The summed E-state index contributed by atoms with van der Waals surface area (Å²) in [4.78, 5) is 17.1. The molecule has 0 fully saturated rings. The van der Waals surface area contributed by atoms with Gasteiger partial charge in [-0.25, -0.2) is 4.98 Å². The second-order valence-electron chi connectivity index (χ2n) is 7.74. The van der Waals surface area contributed by atoms with E-state index in [1.807, 2.05) is 44.2 Å². The van der Waals surface area contributed by atoms with Crippen LogP contribution in [0.4, 0.5) is 5.69 Å². The van der Waals surface area contributed by atoms with Gasteiger partial charge < -0.3 is 14.5 Å². The van der Waals surface area contributed by atoms with E-state index < -0.39 is 6.10 Å². The molecule has 32 heavy (non-hydrogen) atoms. The van der Waals surface area contributed by atoms with Crippen molar-refractivity contribution in [3.63, 3.8) is 0 Å². The minimum atomic E-state index is -0.736. The number of hydrogen-bond donors (Lipinski definition) is 1. The first-order valence-electron chi connectivity index (χ1n) is 10.2. The summed E-state index contributed by atoms with van der Waals surface area (Å²) in [6.07, 6.45) is -0.171. The van der Waals surface area contributed by atoms with Crippen LogP contribution in [0, 0.1) is 13.8 Å². The Morgan fingerprint density at radius 3 is 2.56 bits per heavy atom. The molecular weight excluding hydrogens is 447 g/mol. The van der Waals surface area contributed by atoms with E-state index in [1.54, 1.807) is 25.1 Å². The monoisotopic (exact) mass is 468 g/mol. The van der Waals surface area contributed by atoms with E-state index >= 15 is 0 Å². The van der Waals surface area contributed by atoms with Gasteiger partial charge in [0.15, 0.2) is 17.6 Å². The third-order valence-electron chi connectivity index (χ3n) is 5.01. The quantitative estimate of drug-likeness (QED) is 0.339. The van der Waals surface area contributed by atoms with Crippen LogP contribution in [0.3, 0.4) is 0 Å². The van der Waals surface area contributed by atoms with Crippen LogP contribution in [-0.4, -0.2) is 17.0 Å². The van der Waals surface area contributed by atoms with Crippen molar-refractivity contribution < 1.29 is 13.9 Å². The molecule has 0 aliphatic rings. The van der Waals surface area contributed by atoms with Gasteiger partial charge in [-0.15, -0.1) is 0 Å². The summed E-state index contributed by atoms with van der Waals surface area (Å²) >= 11 is 12.0. The summed E-state index contributed by atoms with van der Waals surface area (Å²) in [6.45, 7) is 5.72. The maximum Gasteiger partial charge on any atom is 0.265 e. The van der Waals surface area contributed by atoms with Crippen molar-refractivity contribution in [2.24, 2.45) is 0 Å². The molecule has 0 saturated carbocycles. The number of oxazole rings is 1. The summed E-state index contributed by atoms with van der Waals surface area (Å²) in [7, 11) is 0. The van der Waals surface area contributed by atoms with Gasteiger partial charge in [0.25, 0.3) is 5.91 Å². The zero-order valence-electron chi connectivity index (χ0n) is 17.9. The molecule has 0 saturated heterocycles. The lowest BCUT2D eigenvalue weighted by atomic mass is 10.1. The van der Waals surface area contributed by atoms with Gasteiger partial charge >= 0.3 is 0 Å². The predicted octanol–water partition coefficient (Wildman–Crippen LogP) is 6.75. The van der Waals surface area contributed by atoms with E-state index in [0.717, 1.165) is 27.8 Å². The van der Waals surface area contributed by atoms with Gasteiger partial charge in [-0.3, -0.25) is 4.79 Å². The maximum atomic E-state index is 12.5. The first-order valence-corrected chi connectivity index (χ1v) is 10.9. The van der Waals surface area contributed by atoms with E-state index in [0.29, 0.717) is 33.8 Å². The molecule has 1 aromatic heterocycles. The van der Waals surface area contributed by atoms with E-state index in [4.69, 9.17) is 32.4 Å². The molecule has 5 nitrogen and oxygen atoms in total. The summed E-state index contributed by atoms with van der Waals surface area (Å²) in [5, 5.41) is 3.70. The SMILES string of the molecule is Cc1cc(C)c2oc(Cc3ccc(NC(=O)C(C)Oc4ccc(Cl)cc4Cl)cc3)nc2c1. The lowest BCUT2D eigenvalue weighted by Crippen LogP contribution is -2.30. The van der Waals surface area contributed by atoms with Crippen LogP contribution in [-0.2, 0) is 11.2 Å². The molecule has 164 valence electrons. The summed E-state index contributed by atoms with van der Waals surface area (Å²) < 4.78 is 11.6. The third kappa shape index (κ3) is 5.06. The van der Waals surface area contributed by atoms with Gasteiger partial charge in [0.05, 0.1) is 5.02 Å². The van der Waals surface area contributed by atoms with Crippen LogP contribution < -0.4 is 10.1 Å². The molecule has 4 aromatic rings. The number of aryl methyl sites for hydroxylation is 2. The standard InChI is InChI=1S/C25H22Cl2N2O3/c1-14-10-15(2)24-21(11-14)29-23(32-24)12-17-4-7-19(8-5-17)28-25(30)16(3)31-22-9-6-18(26)13-20(22)27/h4-11,13,16H,12H2,1-3H3,(H,28,30). The van der Waals surface area contributed by atoms with Crippen molar-refractivity contribution in [3.8, 4) is 5.75 Å². The van der Waals surface area contributed by atoms with Crippen LogP contribution in [0.5, 0.6) is 5.75 Å². The van der Waals surface area contributed by atoms with Crippen molar-refractivity contribution in [2.45, 2.75) is 33.3 Å². The number of hydrogen-bond acceptors (Lipinski definition) is 4. The Bertz CT molecular complexity index is 1280. The highest BCUT2D eigenvalue weighted by Crippen LogP contribution is 2.28. The zero-order chi connectivity index (χ0) is 22.8. The van der Waals surface area contributed by atoms with Gasteiger partial charge in [-0.2, -0.15) is 0 Å². The number of nitrogens with zero attached hydrogens (tertiary/aromatic N) is 1. The number of ether oxygens (including phenoxy) is 1. The van der Waals surface area contributed by atoms with E-state index in [-0.39, 0.29) is 5.91 Å². The molecule has 1 unspecified atom stereocenters. The lowest BCUT2D eigenvalue weighted by molar-refractivity contribution is -0.122. The van der Waals surface area contributed by atoms with E-state index in [9.17, 15) is 4.79 Å². The molecule has 0 bridgehead atoms. The van der Waals surface area contributed by atoms with Crippen LogP contribution in [0.2, 0.25) is 10.0 Å². The van der Waals surface area contributed by atoms with Crippen molar-refractivity contribution in [3.05, 3.63) is 87.2 Å². The summed E-state index contributed by atoms with van der Waals surface area (Å²) in [5.41, 5.74) is 5.63. The van der Waals surface area contributed by atoms with E-state index in [1.165, 1.54) is 0 Å². The molecular formula is C25H22Cl2N2O3. The Kier molecular flexibility index (Phi) is 6.40. The third-order valence-corrected chi connectivity index (χ3v) is 5.54. The Balaban J connectivity index is 1.39. The number of aromatic nitrogens is 1. The Morgan fingerprint density at radius 1 is 1.09 bits per heavy atom. The predicted molar refractivity (Wildman–Crippen MR) is 128 cm³/mol. The highest BCUT2D eigenvalue weighted by atomic mass is 35.5. The molecule has 0 aliphatic heterocycles. The normalized spacial score (nSPS) is 12.0. The summed E-state index contributed by atoms with van der Waals surface area (Å²) in [5.74, 6) is 0.777. The molecule has 1 atom stereocenters. The van der Waals surface area contributed by atoms with Gasteiger partial charge in [0.1, 0.15) is 11.3 Å². The number of anilines is 1. The Hall–Kier alpha value is -3.02. The molecule has 1 amide bonds. The molecule has 1 N–H and O–H groups in total. The molecule has 4 rings (SSSR count). The van der Waals surface area contributed by atoms with Gasteiger partial charge in [0.2, 0.25) is 0 Å². The van der Waals surface area contributed by atoms with Gasteiger partial charge in [-0.1, -0.05) is 41.4 Å². The molecule has 1 heterocycles. The summed E-state index contributed by atoms with van der Waals surface area (Å²) in [6, 6.07) is 16.5. The fourth-order valence-corrected chi connectivity index (χ4v) is 3.89. The smallest absolute Gasteiger partial charge is 0.265 e. The number of halogens is 2. The van der Waals surface area contributed by atoms with Crippen LogP contribution in [0.15, 0.2) is 59.0 Å². The van der Waals surface area contributed by atoms with Crippen LogP contribution in [0.1, 0.15) is 29.5 Å². The first kappa shape index (κ1) is 22.2. The van der Waals surface area contributed by atoms with Crippen molar-refractivity contribution in [1.82, 2.24) is 4.98 Å². The van der Waals surface area contributed by atoms with Crippen molar-refractivity contribution in [2.75, 3.05) is 5.32 Å². The minimum absolute atomic E-state index is 0.284. The average molecular weight is 469 g/mol. The fourth-order valence-electron chi connectivity index (χ4n) is 3.44. The molecule has 3 aromatic carbocycles. The Labute approximate surface area is 196 Å². The molecule has 7 heteroatoms. The topological polar surface area (TPSA) is 64.4 Å². The first-order chi connectivity index (χ1) is 15.3. The molecule has 0 spiro atoms. The highest BCUT2D eigenvalue weighted by molar-refractivity contribution is 6.35. The van der Waals surface area contributed by atoms with Crippen LogP contribution >= 0.6 is 23.2 Å². The number of fused-ring (bicyclic) bond motifs is 1. The molecule has 0 aliphatic carbocycles.